The van der Waals surface area contributed by atoms with E-state index in [-0.39, 0.29) is 0 Å². The van der Waals surface area contributed by atoms with Gasteiger partial charge in [0.1, 0.15) is 0 Å². The molecule has 2 N–H and O–H groups in total. The fourth-order valence-electron chi connectivity index (χ4n) is 2.87. The molecule has 132 valence electrons. The molecular formula is C26H23N. The van der Waals surface area contributed by atoms with Crippen LogP contribution in [0.1, 0.15) is 47.2 Å². The van der Waals surface area contributed by atoms with E-state index in [9.17, 15) is 0 Å². The number of anilines is 1. The molecular weight excluding hydrogens is 326 g/mol. The van der Waals surface area contributed by atoms with Gasteiger partial charge in [0.05, 0.1) is 0 Å². The number of hydrogen-bond donors (Lipinski definition) is 1. The summed E-state index contributed by atoms with van der Waals surface area (Å²) in [5.41, 5.74) is 13.1. The topological polar surface area (TPSA) is 26.0 Å². The second kappa shape index (κ2) is 8.79. The predicted molar refractivity (Wildman–Crippen MR) is 114 cm³/mol. The van der Waals surface area contributed by atoms with Crippen molar-refractivity contribution in [2.45, 2.75) is 26.7 Å². The number of nitrogens with two attached hydrogens (primary N) is 1. The van der Waals surface area contributed by atoms with Gasteiger partial charge in [-0.3, -0.25) is 0 Å². The third kappa shape index (κ3) is 4.81. The van der Waals surface area contributed by atoms with Gasteiger partial charge in [-0.15, -0.1) is 0 Å². The van der Waals surface area contributed by atoms with Crippen molar-refractivity contribution < 1.29 is 0 Å². The maximum absolute atomic E-state index is 5.74. The minimum Gasteiger partial charge on any atom is -0.399 e. The normalized spacial score (nSPS) is 9.70. The number of aryl methyl sites for hydroxylation is 2. The Morgan fingerprint density at radius 3 is 1.59 bits per heavy atom. The molecule has 0 amide bonds. The molecule has 0 fully saturated rings. The standard InChI is InChI=1S/C26H23N/c1-3-22-19-25(15-11-21-12-16-26(27)17-13-21)23(4-2)18-24(22)14-10-20-8-6-5-7-9-20/h5-9,12-13,16-19H,3-4,27H2,1-2H3. The summed E-state index contributed by atoms with van der Waals surface area (Å²) in [6, 6.07) is 22.2. The minimum absolute atomic E-state index is 0.754. The lowest BCUT2D eigenvalue weighted by Gasteiger charge is -2.08. The Balaban J connectivity index is 1.98. The van der Waals surface area contributed by atoms with Crippen LogP contribution in [0.3, 0.4) is 0 Å². The third-order valence-electron chi connectivity index (χ3n) is 4.46. The van der Waals surface area contributed by atoms with E-state index in [1.807, 2.05) is 54.6 Å². The molecule has 1 nitrogen and oxygen atoms in total. The Bertz CT molecular complexity index is 1040. The lowest BCUT2D eigenvalue weighted by atomic mass is 9.95. The molecule has 0 saturated carbocycles. The van der Waals surface area contributed by atoms with E-state index in [4.69, 9.17) is 5.73 Å². The van der Waals surface area contributed by atoms with Crippen LogP contribution in [0.25, 0.3) is 0 Å². The first-order valence-electron chi connectivity index (χ1n) is 9.30. The van der Waals surface area contributed by atoms with E-state index < -0.39 is 0 Å². The molecule has 3 aromatic carbocycles. The lowest BCUT2D eigenvalue weighted by Crippen LogP contribution is -1.96. The summed E-state index contributed by atoms with van der Waals surface area (Å²) in [5, 5.41) is 0. The molecule has 0 atom stereocenters. The quantitative estimate of drug-likeness (QED) is 0.500. The summed E-state index contributed by atoms with van der Waals surface area (Å²) in [5.74, 6) is 13.2. The van der Waals surface area contributed by atoms with Crippen LogP contribution in [-0.4, -0.2) is 0 Å². The van der Waals surface area contributed by atoms with Crippen molar-refractivity contribution in [3.8, 4) is 23.7 Å². The third-order valence-corrected chi connectivity index (χ3v) is 4.46. The van der Waals surface area contributed by atoms with Gasteiger partial charge in [-0.2, -0.15) is 0 Å². The molecule has 0 heterocycles. The molecule has 0 unspecified atom stereocenters. The zero-order chi connectivity index (χ0) is 19.1. The van der Waals surface area contributed by atoms with Gasteiger partial charge in [-0.05, 0) is 72.5 Å². The maximum Gasteiger partial charge on any atom is 0.0314 e. The fourth-order valence-corrected chi connectivity index (χ4v) is 2.87. The highest BCUT2D eigenvalue weighted by molar-refractivity contribution is 5.56. The lowest BCUT2D eigenvalue weighted by molar-refractivity contribution is 1.08. The monoisotopic (exact) mass is 349 g/mol. The van der Waals surface area contributed by atoms with Gasteiger partial charge in [0.25, 0.3) is 0 Å². The first kappa shape index (κ1) is 18.4. The van der Waals surface area contributed by atoms with Crippen LogP contribution in [0.4, 0.5) is 5.69 Å². The largest absolute Gasteiger partial charge is 0.399 e. The highest BCUT2D eigenvalue weighted by Gasteiger charge is 2.05. The Kier molecular flexibility index (Phi) is 5.98. The zero-order valence-corrected chi connectivity index (χ0v) is 15.8. The number of hydrogen-bond acceptors (Lipinski definition) is 1. The van der Waals surface area contributed by atoms with Crippen LogP contribution in [0.2, 0.25) is 0 Å². The maximum atomic E-state index is 5.74. The molecule has 0 radical (unpaired) electrons. The van der Waals surface area contributed by atoms with E-state index in [0.717, 1.165) is 40.8 Å². The number of benzene rings is 3. The molecule has 0 aromatic heterocycles. The molecule has 0 saturated heterocycles. The van der Waals surface area contributed by atoms with Crippen LogP contribution >= 0.6 is 0 Å². The van der Waals surface area contributed by atoms with E-state index in [1.54, 1.807) is 0 Å². The molecule has 1 heteroatoms. The summed E-state index contributed by atoms with van der Waals surface area (Å²) in [6.07, 6.45) is 1.86. The summed E-state index contributed by atoms with van der Waals surface area (Å²) in [6.45, 7) is 4.32. The van der Waals surface area contributed by atoms with Crippen LogP contribution in [0, 0.1) is 23.7 Å². The molecule has 0 aliphatic rings. The van der Waals surface area contributed by atoms with Gasteiger partial charge >= 0.3 is 0 Å². The van der Waals surface area contributed by atoms with Gasteiger partial charge in [-0.1, -0.05) is 55.7 Å². The van der Waals surface area contributed by atoms with E-state index in [0.29, 0.717) is 0 Å². The van der Waals surface area contributed by atoms with E-state index in [1.165, 1.54) is 11.1 Å². The average molecular weight is 349 g/mol. The van der Waals surface area contributed by atoms with Crippen LogP contribution in [-0.2, 0) is 12.8 Å². The van der Waals surface area contributed by atoms with Crippen molar-refractivity contribution in [1.29, 1.82) is 0 Å². The molecule has 0 aliphatic heterocycles. The molecule has 0 bridgehead atoms. The average Bonchev–Trinajstić information content (AvgIpc) is 2.72. The van der Waals surface area contributed by atoms with Crippen molar-refractivity contribution in [2.75, 3.05) is 5.73 Å². The highest BCUT2D eigenvalue weighted by Crippen LogP contribution is 2.18. The van der Waals surface area contributed by atoms with Crippen molar-refractivity contribution in [3.63, 3.8) is 0 Å². The summed E-state index contributed by atoms with van der Waals surface area (Å²) in [4.78, 5) is 0. The van der Waals surface area contributed by atoms with Gasteiger partial charge in [0.2, 0.25) is 0 Å². The Morgan fingerprint density at radius 1 is 0.630 bits per heavy atom. The molecule has 0 aliphatic carbocycles. The van der Waals surface area contributed by atoms with Crippen molar-refractivity contribution in [1.82, 2.24) is 0 Å². The minimum atomic E-state index is 0.754. The van der Waals surface area contributed by atoms with Gasteiger partial charge in [0.15, 0.2) is 0 Å². The summed E-state index contributed by atoms with van der Waals surface area (Å²) in [7, 11) is 0. The Labute approximate surface area is 162 Å². The molecule has 0 spiro atoms. The number of rotatable bonds is 2. The van der Waals surface area contributed by atoms with Gasteiger partial charge < -0.3 is 5.73 Å². The van der Waals surface area contributed by atoms with E-state index >= 15 is 0 Å². The first-order valence-corrected chi connectivity index (χ1v) is 9.30. The van der Waals surface area contributed by atoms with E-state index in [2.05, 4.69) is 49.7 Å². The second-order valence-corrected chi connectivity index (χ2v) is 6.36. The Morgan fingerprint density at radius 2 is 1.11 bits per heavy atom. The molecule has 3 aromatic rings. The van der Waals surface area contributed by atoms with Crippen LogP contribution in [0.5, 0.6) is 0 Å². The predicted octanol–water partition coefficient (Wildman–Crippen LogP) is 5.19. The highest BCUT2D eigenvalue weighted by atomic mass is 14.5. The van der Waals surface area contributed by atoms with Gasteiger partial charge in [-0.25, -0.2) is 0 Å². The van der Waals surface area contributed by atoms with Crippen molar-refractivity contribution >= 4 is 5.69 Å². The van der Waals surface area contributed by atoms with Crippen molar-refractivity contribution in [3.05, 3.63) is 100 Å². The van der Waals surface area contributed by atoms with Crippen LogP contribution < -0.4 is 5.73 Å². The molecule has 27 heavy (non-hydrogen) atoms. The Hall–Kier alpha value is -3.42. The van der Waals surface area contributed by atoms with Crippen LogP contribution in [0.15, 0.2) is 66.7 Å². The fraction of sp³-hybridized carbons (Fsp3) is 0.154. The smallest absolute Gasteiger partial charge is 0.0314 e. The summed E-state index contributed by atoms with van der Waals surface area (Å²) >= 11 is 0. The zero-order valence-electron chi connectivity index (χ0n) is 15.8. The van der Waals surface area contributed by atoms with Crippen molar-refractivity contribution in [2.24, 2.45) is 0 Å². The molecule has 3 rings (SSSR count). The van der Waals surface area contributed by atoms with Gasteiger partial charge in [0, 0.05) is 27.9 Å². The first-order chi connectivity index (χ1) is 13.2. The SMILES string of the molecule is CCc1cc(C#Cc2ccc(N)cc2)c(CC)cc1C#Cc1ccccc1. The number of nitrogen functional groups attached to an aromatic ring is 1. The second-order valence-electron chi connectivity index (χ2n) is 6.36. The summed E-state index contributed by atoms with van der Waals surface area (Å²) < 4.78 is 0.